The first kappa shape index (κ1) is 21.9. The number of nitrogens with zero attached hydrogens (tertiary/aromatic N) is 3. The van der Waals surface area contributed by atoms with Gasteiger partial charge in [-0.25, -0.2) is 9.37 Å². The zero-order valence-electron chi connectivity index (χ0n) is 16.2. The maximum absolute atomic E-state index is 13.3. The Morgan fingerprint density at radius 1 is 1.23 bits per heavy atom. The van der Waals surface area contributed by atoms with Crippen LogP contribution >= 0.6 is 23.4 Å². The fraction of sp³-hybridized carbons (Fsp3) is 0.190. The zero-order chi connectivity index (χ0) is 21.7. The average molecular weight is 447 g/mol. The number of carbonyl (C=O) groups is 2. The number of benzene rings is 2. The summed E-state index contributed by atoms with van der Waals surface area (Å²) in [5, 5.41) is 1.27. The van der Waals surface area contributed by atoms with Gasteiger partial charge >= 0.3 is 0 Å². The van der Waals surface area contributed by atoms with Gasteiger partial charge in [0.2, 0.25) is 11.8 Å². The average Bonchev–Trinajstić information content (AvgIpc) is 3.18. The standard InChI is InChI=1S/C21H20ClFN4O2S/c1-14-17(22)3-2-4-18(14)27-12-10-25-21(27)30-13-20(29)26(11-9-19(24)28)16-7-5-15(23)6-8-16/h2-8,10,12H,9,11,13H2,1H3,(H2,24,28). The minimum absolute atomic E-state index is 0.00409. The summed E-state index contributed by atoms with van der Waals surface area (Å²) in [6.07, 6.45) is 3.46. The fourth-order valence-electron chi connectivity index (χ4n) is 2.88. The number of rotatable bonds is 8. The number of carbonyl (C=O) groups excluding carboxylic acids is 2. The Bertz CT molecular complexity index is 1060. The largest absolute Gasteiger partial charge is 0.370 e. The second kappa shape index (κ2) is 9.77. The number of aromatic nitrogens is 2. The van der Waals surface area contributed by atoms with Crippen LogP contribution in [0.25, 0.3) is 5.69 Å². The van der Waals surface area contributed by atoms with Crippen LogP contribution in [0.3, 0.4) is 0 Å². The fourth-order valence-corrected chi connectivity index (χ4v) is 3.89. The van der Waals surface area contributed by atoms with Crippen LogP contribution in [-0.2, 0) is 9.59 Å². The molecule has 3 rings (SSSR count). The lowest BCUT2D eigenvalue weighted by Crippen LogP contribution is -2.35. The van der Waals surface area contributed by atoms with Crippen molar-refractivity contribution in [3.8, 4) is 5.69 Å². The van der Waals surface area contributed by atoms with Crippen molar-refractivity contribution in [3.05, 3.63) is 71.3 Å². The third-order valence-corrected chi connectivity index (χ3v) is 5.81. The molecular formula is C21H20ClFN4O2S. The van der Waals surface area contributed by atoms with Crippen molar-refractivity contribution in [1.29, 1.82) is 0 Å². The summed E-state index contributed by atoms with van der Waals surface area (Å²) in [4.78, 5) is 29.9. The van der Waals surface area contributed by atoms with Gasteiger partial charge in [0.15, 0.2) is 5.16 Å². The zero-order valence-corrected chi connectivity index (χ0v) is 17.8. The van der Waals surface area contributed by atoms with Gasteiger partial charge < -0.3 is 10.6 Å². The molecule has 0 spiro atoms. The number of amides is 2. The van der Waals surface area contributed by atoms with Crippen molar-refractivity contribution in [3.63, 3.8) is 0 Å². The van der Waals surface area contributed by atoms with Gasteiger partial charge in [-0.3, -0.25) is 14.2 Å². The highest BCUT2D eigenvalue weighted by atomic mass is 35.5. The maximum atomic E-state index is 13.3. The highest BCUT2D eigenvalue weighted by Crippen LogP contribution is 2.27. The van der Waals surface area contributed by atoms with E-state index in [4.69, 9.17) is 17.3 Å². The highest BCUT2D eigenvalue weighted by molar-refractivity contribution is 7.99. The normalized spacial score (nSPS) is 10.8. The minimum Gasteiger partial charge on any atom is -0.370 e. The molecule has 3 aromatic rings. The molecule has 30 heavy (non-hydrogen) atoms. The maximum Gasteiger partial charge on any atom is 0.237 e. The molecule has 0 aliphatic rings. The second-order valence-corrected chi connectivity index (χ2v) is 7.84. The predicted octanol–water partition coefficient (Wildman–Crippen LogP) is 3.97. The monoisotopic (exact) mass is 446 g/mol. The van der Waals surface area contributed by atoms with E-state index in [0.29, 0.717) is 15.9 Å². The highest BCUT2D eigenvalue weighted by Gasteiger charge is 2.19. The quantitative estimate of drug-likeness (QED) is 0.531. The Morgan fingerprint density at radius 2 is 1.97 bits per heavy atom. The Kier molecular flexibility index (Phi) is 7.12. The SMILES string of the molecule is Cc1c(Cl)cccc1-n1ccnc1SCC(=O)N(CCC(N)=O)c1ccc(F)cc1. The minimum atomic E-state index is -0.519. The summed E-state index contributed by atoms with van der Waals surface area (Å²) in [5.41, 5.74) is 7.51. The molecule has 1 aromatic heterocycles. The summed E-state index contributed by atoms with van der Waals surface area (Å²) >= 11 is 7.48. The van der Waals surface area contributed by atoms with Gasteiger partial charge in [0, 0.05) is 36.1 Å². The van der Waals surface area contributed by atoms with Gasteiger partial charge in [0.1, 0.15) is 5.82 Å². The number of halogens is 2. The van der Waals surface area contributed by atoms with Gasteiger partial charge in [-0.2, -0.15) is 0 Å². The molecule has 0 fully saturated rings. The summed E-state index contributed by atoms with van der Waals surface area (Å²) < 4.78 is 15.1. The van der Waals surface area contributed by atoms with Gasteiger partial charge in [0.05, 0.1) is 11.4 Å². The van der Waals surface area contributed by atoms with Gasteiger partial charge in [-0.15, -0.1) is 0 Å². The Labute approximate surface area is 182 Å². The van der Waals surface area contributed by atoms with Crippen molar-refractivity contribution in [1.82, 2.24) is 9.55 Å². The van der Waals surface area contributed by atoms with E-state index in [1.807, 2.05) is 29.7 Å². The van der Waals surface area contributed by atoms with Crippen LogP contribution in [0.15, 0.2) is 60.0 Å². The molecule has 0 unspecified atom stereocenters. The predicted molar refractivity (Wildman–Crippen MR) is 117 cm³/mol. The van der Waals surface area contributed by atoms with E-state index in [9.17, 15) is 14.0 Å². The second-order valence-electron chi connectivity index (χ2n) is 6.49. The van der Waals surface area contributed by atoms with Crippen molar-refractivity contribution in [2.45, 2.75) is 18.5 Å². The van der Waals surface area contributed by atoms with E-state index < -0.39 is 11.7 Å². The molecule has 0 aliphatic heterocycles. The Hall–Kier alpha value is -2.84. The summed E-state index contributed by atoms with van der Waals surface area (Å²) in [5.74, 6) is -1.10. The van der Waals surface area contributed by atoms with Crippen LogP contribution < -0.4 is 10.6 Å². The van der Waals surface area contributed by atoms with E-state index >= 15 is 0 Å². The molecule has 156 valence electrons. The number of hydrogen-bond acceptors (Lipinski definition) is 4. The molecule has 1 heterocycles. The van der Waals surface area contributed by atoms with E-state index in [2.05, 4.69) is 4.98 Å². The van der Waals surface area contributed by atoms with Crippen molar-refractivity contribution < 1.29 is 14.0 Å². The Morgan fingerprint density at radius 3 is 2.67 bits per heavy atom. The van der Waals surface area contributed by atoms with Crippen LogP contribution in [0.2, 0.25) is 5.02 Å². The topological polar surface area (TPSA) is 81.2 Å². The smallest absolute Gasteiger partial charge is 0.237 e. The molecule has 0 saturated heterocycles. The first-order valence-electron chi connectivity index (χ1n) is 9.12. The van der Waals surface area contributed by atoms with Crippen molar-refractivity contribution >= 4 is 40.9 Å². The lowest BCUT2D eigenvalue weighted by molar-refractivity contribution is -0.118. The molecule has 0 atom stereocenters. The van der Waals surface area contributed by atoms with Crippen LogP contribution in [-0.4, -0.2) is 33.7 Å². The van der Waals surface area contributed by atoms with Gasteiger partial charge in [-0.05, 0) is 48.9 Å². The molecular weight excluding hydrogens is 427 g/mol. The summed E-state index contributed by atoms with van der Waals surface area (Å²) in [6, 6.07) is 11.1. The third kappa shape index (κ3) is 5.20. The van der Waals surface area contributed by atoms with Gasteiger partial charge in [-0.1, -0.05) is 29.4 Å². The number of nitrogens with two attached hydrogens (primary N) is 1. The molecule has 0 bridgehead atoms. The Balaban J connectivity index is 1.77. The van der Waals surface area contributed by atoms with Crippen molar-refractivity contribution in [2.24, 2.45) is 5.73 Å². The molecule has 2 N–H and O–H groups in total. The van der Waals surface area contributed by atoms with Gasteiger partial charge in [0.25, 0.3) is 0 Å². The number of thioether (sulfide) groups is 1. The first-order valence-corrected chi connectivity index (χ1v) is 10.5. The van der Waals surface area contributed by atoms with E-state index in [-0.39, 0.29) is 24.6 Å². The number of primary amides is 1. The molecule has 9 heteroatoms. The molecule has 0 saturated carbocycles. The van der Waals surface area contributed by atoms with Crippen LogP contribution in [0.5, 0.6) is 0 Å². The van der Waals surface area contributed by atoms with E-state index in [1.54, 1.807) is 12.4 Å². The molecule has 6 nitrogen and oxygen atoms in total. The van der Waals surface area contributed by atoms with Crippen LogP contribution in [0.4, 0.5) is 10.1 Å². The molecule has 0 aliphatic carbocycles. The number of imidazole rings is 1. The third-order valence-electron chi connectivity index (χ3n) is 4.45. The molecule has 0 radical (unpaired) electrons. The lowest BCUT2D eigenvalue weighted by Gasteiger charge is -2.22. The number of anilines is 1. The van der Waals surface area contributed by atoms with E-state index in [1.165, 1.54) is 40.9 Å². The summed E-state index contributed by atoms with van der Waals surface area (Å²) in [6.45, 7) is 2.03. The van der Waals surface area contributed by atoms with Crippen molar-refractivity contribution in [2.75, 3.05) is 17.2 Å². The number of hydrogen-bond donors (Lipinski definition) is 1. The first-order chi connectivity index (χ1) is 14.4. The lowest BCUT2D eigenvalue weighted by atomic mass is 10.2. The summed E-state index contributed by atoms with van der Waals surface area (Å²) in [7, 11) is 0. The molecule has 2 aromatic carbocycles. The van der Waals surface area contributed by atoms with Crippen LogP contribution in [0.1, 0.15) is 12.0 Å². The van der Waals surface area contributed by atoms with E-state index in [0.717, 1.165) is 11.3 Å². The van der Waals surface area contributed by atoms with Crippen LogP contribution in [0, 0.1) is 12.7 Å². The molecule has 2 amide bonds.